The lowest BCUT2D eigenvalue weighted by Crippen LogP contribution is -2.14. The molecule has 5 nitrogen and oxygen atoms in total. The minimum atomic E-state index is -0.322. The van der Waals surface area contributed by atoms with Gasteiger partial charge in [-0.25, -0.2) is 4.98 Å². The summed E-state index contributed by atoms with van der Waals surface area (Å²) in [5.74, 6) is -0.200. The molecule has 162 valence electrons. The van der Waals surface area contributed by atoms with E-state index in [0.717, 1.165) is 15.5 Å². The van der Waals surface area contributed by atoms with Crippen LogP contribution in [0.1, 0.15) is 10.4 Å². The number of carbonyl (C=O) groups is 2. The Morgan fingerprint density at radius 1 is 1.00 bits per heavy atom. The molecule has 2 aromatic carbocycles. The van der Waals surface area contributed by atoms with Gasteiger partial charge in [-0.05, 0) is 53.9 Å². The fourth-order valence-corrected chi connectivity index (χ4v) is 5.36. The molecule has 4 rings (SSSR count). The molecule has 2 N–H and O–H groups in total. The second kappa shape index (κ2) is 10.5. The minimum absolute atomic E-state index is 0.128. The van der Waals surface area contributed by atoms with E-state index in [-0.39, 0.29) is 22.6 Å². The van der Waals surface area contributed by atoms with Gasteiger partial charge in [0.15, 0.2) is 5.13 Å². The average Bonchev–Trinajstić information content (AvgIpc) is 3.45. The highest BCUT2D eigenvalue weighted by molar-refractivity contribution is 8.00. The van der Waals surface area contributed by atoms with E-state index in [1.165, 1.54) is 29.2 Å². The standard InChI is InChI=1S/C22H15Cl2N3O2S3/c23-13-3-8-16(17(24)10-13)21(29)25-14-4-6-15(7-5-14)31-12-20(28)27-22-26-18(11-32-22)19-2-1-9-30-19/h1-11H,12H2,(H,25,29)(H,26,27,28). The number of nitrogens with one attached hydrogen (secondary N) is 2. The van der Waals surface area contributed by atoms with Crippen molar-refractivity contribution < 1.29 is 9.59 Å². The topological polar surface area (TPSA) is 71.1 Å². The summed E-state index contributed by atoms with van der Waals surface area (Å²) in [6, 6.07) is 15.9. The molecule has 0 unspecified atom stereocenters. The Morgan fingerprint density at radius 3 is 2.53 bits per heavy atom. The Balaban J connectivity index is 1.28. The number of halogens is 2. The fourth-order valence-electron chi connectivity index (χ4n) is 2.68. The van der Waals surface area contributed by atoms with E-state index in [0.29, 0.717) is 21.4 Å². The van der Waals surface area contributed by atoms with Crippen LogP contribution in [-0.2, 0) is 4.79 Å². The predicted octanol–water partition coefficient (Wildman–Crippen LogP) is 7.16. The van der Waals surface area contributed by atoms with Crippen LogP contribution in [0.3, 0.4) is 0 Å². The van der Waals surface area contributed by atoms with Gasteiger partial charge in [0.25, 0.3) is 5.91 Å². The van der Waals surface area contributed by atoms with Gasteiger partial charge in [0.2, 0.25) is 5.91 Å². The number of rotatable bonds is 7. The van der Waals surface area contributed by atoms with E-state index >= 15 is 0 Å². The van der Waals surface area contributed by atoms with Gasteiger partial charge >= 0.3 is 0 Å². The Bertz CT molecular complexity index is 1240. The molecule has 0 radical (unpaired) electrons. The second-order valence-electron chi connectivity index (χ2n) is 6.45. The fraction of sp³-hybridized carbons (Fsp3) is 0.0455. The van der Waals surface area contributed by atoms with E-state index in [9.17, 15) is 9.59 Å². The maximum Gasteiger partial charge on any atom is 0.257 e. The Kier molecular flexibility index (Phi) is 7.49. The van der Waals surface area contributed by atoms with Gasteiger partial charge in [0, 0.05) is 21.0 Å². The number of thiophene rings is 1. The molecule has 2 amide bonds. The lowest BCUT2D eigenvalue weighted by atomic mass is 10.2. The van der Waals surface area contributed by atoms with Gasteiger partial charge < -0.3 is 10.6 Å². The molecule has 10 heteroatoms. The summed E-state index contributed by atoms with van der Waals surface area (Å²) in [4.78, 5) is 31.1. The molecule has 0 atom stereocenters. The van der Waals surface area contributed by atoms with Crippen LogP contribution in [0.2, 0.25) is 10.0 Å². The molecule has 0 aliphatic rings. The van der Waals surface area contributed by atoms with Gasteiger partial charge in [-0.3, -0.25) is 9.59 Å². The third kappa shape index (κ3) is 5.90. The maximum atomic E-state index is 12.4. The van der Waals surface area contributed by atoms with Gasteiger partial charge in [0.1, 0.15) is 0 Å². The minimum Gasteiger partial charge on any atom is -0.322 e. The molecular weight excluding hydrogens is 505 g/mol. The van der Waals surface area contributed by atoms with Crippen LogP contribution < -0.4 is 10.6 Å². The molecule has 0 saturated heterocycles. The average molecular weight is 520 g/mol. The Hall–Kier alpha value is -2.36. The van der Waals surface area contributed by atoms with E-state index in [1.54, 1.807) is 35.6 Å². The van der Waals surface area contributed by atoms with E-state index in [4.69, 9.17) is 23.2 Å². The molecule has 0 aliphatic heterocycles. The molecule has 4 aromatic rings. The Morgan fingerprint density at radius 2 is 1.81 bits per heavy atom. The molecule has 32 heavy (non-hydrogen) atoms. The number of aromatic nitrogens is 1. The van der Waals surface area contributed by atoms with Gasteiger partial charge in [-0.1, -0.05) is 29.3 Å². The number of anilines is 2. The number of hydrogen-bond donors (Lipinski definition) is 2. The van der Waals surface area contributed by atoms with Crippen molar-refractivity contribution in [3.63, 3.8) is 0 Å². The zero-order valence-corrected chi connectivity index (χ0v) is 20.3. The molecule has 0 saturated carbocycles. The van der Waals surface area contributed by atoms with Crippen LogP contribution in [0.15, 0.2) is 70.3 Å². The highest BCUT2D eigenvalue weighted by Gasteiger charge is 2.12. The lowest BCUT2D eigenvalue weighted by Gasteiger charge is -2.08. The summed E-state index contributed by atoms with van der Waals surface area (Å²) in [7, 11) is 0. The maximum absolute atomic E-state index is 12.4. The van der Waals surface area contributed by atoms with Crippen LogP contribution in [0.4, 0.5) is 10.8 Å². The number of thioether (sulfide) groups is 1. The smallest absolute Gasteiger partial charge is 0.257 e. The van der Waals surface area contributed by atoms with Crippen molar-refractivity contribution in [1.82, 2.24) is 4.98 Å². The first kappa shape index (κ1) is 22.8. The molecule has 2 aromatic heterocycles. The first-order chi connectivity index (χ1) is 15.5. The monoisotopic (exact) mass is 519 g/mol. The SMILES string of the molecule is O=C(CSc1ccc(NC(=O)c2ccc(Cl)cc2Cl)cc1)Nc1nc(-c2cccs2)cs1. The van der Waals surface area contributed by atoms with Crippen LogP contribution in [-0.4, -0.2) is 22.6 Å². The summed E-state index contributed by atoms with van der Waals surface area (Å²) >= 11 is 16.4. The number of hydrogen-bond acceptors (Lipinski definition) is 6. The number of carbonyl (C=O) groups excluding carboxylic acids is 2. The quantitative estimate of drug-likeness (QED) is 0.254. The van der Waals surface area contributed by atoms with Crippen LogP contribution in [0.25, 0.3) is 10.6 Å². The van der Waals surface area contributed by atoms with Crippen LogP contribution in [0, 0.1) is 0 Å². The van der Waals surface area contributed by atoms with Crippen LogP contribution in [0.5, 0.6) is 0 Å². The van der Waals surface area contributed by atoms with Crippen molar-refractivity contribution in [3.8, 4) is 10.6 Å². The highest BCUT2D eigenvalue weighted by atomic mass is 35.5. The molecule has 2 heterocycles. The number of benzene rings is 2. The highest BCUT2D eigenvalue weighted by Crippen LogP contribution is 2.29. The van der Waals surface area contributed by atoms with Gasteiger partial charge in [0.05, 0.1) is 26.9 Å². The second-order valence-corrected chi connectivity index (χ2v) is 10.2. The first-order valence-corrected chi connectivity index (χ1v) is 12.8. The van der Waals surface area contributed by atoms with Crippen molar-refractivity contribution in [2.75, 3.05) is 16.4 Å². The van der Waals surface area contributed by atoms with Crippen molar-refractivity contribution in [2.24, 2.45) is 0 Å². The van der Waals surface area contributed by atoms with Crippen molar-refractivity contribution in [1.29, 1.82) is 0 Å². The number of thiazole rings is 1. The molecular formula is C22H15Cl2N3O2S3. The third-order valence-corrected chi connectivity index (χ3v) is 7.39. The number of amides is 2. The zero-order chi connectivity index (χ0) is 22.5. The van der Waals surface area contributed by atoms with E-state index in [1.807, 2.05) is 35.0 Å². The first-order valence-electron chi connectivity index (χ1n) is 9.26. The largest absolute Gasteiger partial charge is 0.322 e. The summed E-state index contributed by atoms with van der Waals surface area (Å²) in [6.07, 6.45) is 0. The van der Waals surface area contributed by atoms with Crippen molar-refractivity contribution in [3.05, 3.63) is 81.0 Å². The van der Waals surface area contributed by atoms with Crippen molar-refractivity contribution >= 4 is 80.3 Å². The van der Waals surface area contributed by atoms with E-state index < -0.39 is 0 Å². The van der Waals surface area contributed by atoms with Crippen LogP contribution >= 0.6 is 57.6 Å². The molecule has 0 spiro atoms. The van der Waals surface area contributed by atoms with E-state index in [2.05, 4.69) is 15.6 Å². The predicted molar refractivity (Wildman–Crippen MR) is 136 cm³/mol. The Labute approximate surface area is 206 Å². The summed E-state index contributed by atoms with van der Waals surface area (Å²) in [6.45, 7) is 0. The summed E-state index contributed by atoms with van der Waals surface area (Å²) in [5, 5.41) is 10.9. The van der Waals surface area contributed by atoms with Crippen molar-refractivity contribution in [2.45, 2.75) is 4.90 Å². The summed E-state index contributed by atoms with van der Waals surface area (Å²) < 4.78 is 0. The summed E-state index contributed by atoms with van der Waals surface area (Å²) in [5.41, 5.74) is 1.83. The normalized spacial score (nSPS) is 10.7. The molecule has 0 bridgehead atoms. The lowest BCUT2D eigenvalue weighted by molar-refractivity contribution is -0.113. The molecule has 0 fully saturated rings. The number of nitrogens with zero attached hydrogens (tertiary/aromatic N) is 1. The van der Waals surface area contributed by atoms with Gasteiger partial charge in [-0.2, -0.15) is 0 Å². The van der Waals surface area contributed by atoms with Gasteiger partial charge in [-0.15, -0.1) is 34.4 Å². The molecule has 0 aliphatic carbocycles. The zero-order valence-electron chi connectivity index (χ0n) is 16.3. The third-order valence-electron chi connectivity index (χ3n) is 4.18.